The lowest BCUT2D eigenvalue weighted by Gasteiger charge is -2.28. The molecule has 0 unspecified atom stereocenters. The predicted octanol–water partition coefficient (Wildman–Crippen LogP) is 3.54. The fourth-order valence-electron chi connectivity index (χ4n) is 2.05. The van der Waals surface area contributed by atoms with Crippen molar-refractivity contribution in [3.8, 4) is 0 Å². The minimum absolute atomic E-state index is 0.0590. The molecular formula is C15H25FO3Si. The fourth-order valence-corrected chi connectivity index (χ4v) is 4.44. The second-order valence-corrected chi connectivity index (χ2v) is 7.92. The molecule has 1 N–H and O–H groups in total. The van der Waals surface area contributed by atoms with E-state index in [4.69, 9.17) is 8.85 Å². The van der Waals surface area contributed by atoms with Gasteiger partial charge in [-0.25, -0.2) is 4.39 Å². The van der Waals surface area contributed by atoms with Crippen LogP contribution in [0.3, 0.4) is 0 Å². The van der Waals surface area contributed by atoms with Gasteiger partial charge in [0.05, 0.1) is 0 Å². The van der Waals surface area contributed by atoms with Gasteiger partial charge in [0.15, 0.2) is 0 Å². The summed E-state index contributed by atoms with van der Waals surface area (Å²) in [6, 6.07) is 6.95. The smallest absolute Gasteiger partial charge is 0.390 e. The van der Waals surface area contributed by atoms with Crippen molar-refractivity contribution in [2.45, 2.75) is 58.8 Å². The molecule has 1 rings (SSSR count). The highest BCUT2D eigenvalue weighted by molar-refractivity contribution is 6.59. The van der Waals surface area contributed by atoms with Gasteiger partial charge in [-0.15, -0.1) is 0 Å². The lowest BCUT2D eigenvalue weighted by molar-refractivity contribution is 0.0474. The molecule has 20 heavy (non-hydrogen) atoms. The molecule has 1 aromatic carbocycles. The zero-order valence-corrected chi connectivity index (χ0v) is 13.7. The number of halogens is 1. The Kier molecular flexibility index (Phi) is 6.81. The van der Waals surface area contributed by atoms with Crippen LogP contribution in [0.15, 0.2) is 24.3 Å². The van der Waals surface area contributed by atoms with Crippen LogP contribution in [-0.4, -0.2) is 25.8 Å². The van der Waals surface area contributed by atoms with Crippen LogP contribution in [0, 0.1) is 5.82 Å². The molecule has 0 bridgehead atoms. The summed E-state index contributed by atoms with van der Waals surface area (Å²) < 4.78 is 24.0. The normalized spacial score (nSPS) is 12.4. The molecule has 5 heteroatoms. The van der Waals surface area contributed by atoms with E-state index in [2.05, 4.69) is 0 Å². The first-order valence-electron chi connectivity index (χ1n) is 7.13. The Hall–Kier alpha value is -0.753. The molecule has 0 fully saturated rings. The summed E-state index contributed by atoms with van der Waals surface area (Å²) in [4.78, 5) is 10.5. The van der Waals surface area contributed by atoms with Crippen LogP contribution in [0.2, 0.25) is 6.04 Å². The maximum Gasteiger partial charge on any atom is 0.498 e. The molecule has 114 valence electrons. The van der Waals surface area contributed by atoms with Gasteiger partial charge < -0.3 is 13.6 Å². The van der Waals surface area contributed by atoms with E-state index in [-0.39, 0.29) is 18.0 Å². The molecule has 0 aliphatic carbocycles. The van der Waals surface area contributed by atoms with Gasteiger partial charge in [0.2, 0.25) is 0 Å². The van der Waals surface area contributed by atoms with Crippen molar-refractivity contribution in [2.24, 2.45) is 0 Å². The second kappa shape index (κ2) is 7.88. The van der Waals surface area contributed by atoms with E-state index in [9.17, 15) is 9.19 Å². The molecule has 0 heterocycles. The summed E-state index contributed by atoms with van der Waals surface area (Å²) in [5.74, 6) is -0.231. The monoisotopic (exact) mass is 300 g/mol. The van der Waals surface area contributed by atoms with Crippen LogP contribution in [-0.2, 0) is 15.3 Å². The van der Waals surface area contributed by atoms with E-state index in [1.165, 1.54) is 12.1 Å². The molecule has 0 atom stereocenters. The van der Waals surface area contributed by atoms with Gasteiger partial charge in [-0.1, -0.05) is 12.1 Å². The second-order valence-electron chi connectivity index (χ2n) is 5.53. The topological polar surface area (TPSA) is 38.7 Å². The van der Waals surface area contributed by atoms with Crippen LogP contribution in [0.5, 0.6) is 0 Å². The number of rotatable bonds is 8. The van der Waals surface area contributed by atoms with Gasteiger partial charge in [-0.05, 0) is 58.2 Å². The number of hydrogen-bond acceptors (Lipinski definition) is 3. The minimum atomic E-state index is -3.11. The molecule has 0 radical (unpaired) electrons. The lowest BCUT2D eigenvalue weighted by atomic mass is 10.1. The first kappa shape index (κ1) is 17.3. The first-order chi connectivity index (χ1) is 9.31. The SMILES string of the molecule is CC(C)O[Si](O)(CCCc1ccc(F)cc1)OC(C)C. The van der Waals surface area contributed by atoms with Gasteiger partial charge in [-0.2, -0.15) is 0 Å². The highest BCUT2D eigenvalue weighted by Gasteiger charge is 2.38. The van der Waals surface area contributed by atoms with Gasteiger partial charge in [-0.3, -0.25) is 0 Å². The van der Waals surface area contributed by atoms with Crippen LogP contribution in [0.25, 0.3) is 0 Å². The predicted molar refractivity (Wildman–Crippen MR) is 79.9 cm³/mol. The van der Waals surface area contributed by atoms with E-state index in [0.29, 0.717) is 6.04 Å². The molecular weight excluding hydrogens is 275 g/mol. The maximum atomic E-state index is 12.8. The number of hydrogen-bond donors (Lipinski definition) is 1. The van der Waals surface area contributed by atoms with Crippen LogP contribution < -0.4 is 0 Å². The van der Waals surface area contributed by atoms with Crippen molar-refractivity contribution in [1.82, 2.24) is 0 Å². The highest BCUT2D eigenvalue weighted by atomic mass is 28.4. The van der Waals surface area contributed by atoms with Gasteiger partial charge in [0.25, 0.3) is 0 Å². The van der Waals surface area contributed by atoms with Crippen molar-refractivity contribution in [2.75, 3.05) is 0 Å². The third-order valence-corrected chi connectivity index (χ3v) is 5.38. The Morgan fingerprint density at radius 3 is 2.00 bits per heavy atom. The fraction of sp³-hybridized carbons (Fsp3) is 0.600. The largest absolute Gasteiger partial charge is 0.498 e. The molecule has 0 aliphatic heterocycles. The molecule has 0 amide bonds. The lowest BCUT2D eigenvalue weighted by Crippen LogP contribution is -2.46. The van der Waals surface area contributed by atoms with Crippen molar-refractivity contribution in [3.63, 3.8) is 0 Å². The van der Waals surface area contributed by atoms with Crippen LogP contribution in [0.1, 0.15) is 39.7 Å². The van der Waals surface area contributed by atoms with Gasteiger partial charge in [0.1, 0.15) is 5.82 Å². The number of benzene rings is 1. The van der Waals surface area contributed by atoms with Gasteiger partial charge >= 0.3 is 8.80 Å². The van der Waals surface area contributed by atoms with Crippen LogP contribution >= 0.6 is 0 Å². The Labute approximate surface area is 122 Å². The van der Waals surface area contributed by atoms with Crippen molar-refractivity contribution in [1.29, 1.82) is 0 Å². The van der Waals surface area contributed by atoms with Crippen molar-refractivity contribution >= 4 is 8.80 Å². The molecule has 0 saturated heterocycles. The third-order valence-electron chi connectivity index (χ3n) is 2.71. The Morgan fingerprint density at radius 2 is 1.55 bits per heavy atom. The minimum Gasteiger partial charge on any atom is -0.390 e. The summed E-state index contributed by atoms with van der Waals surface area (Å²) >= 11 is 0. The van der Waals surface area contributed by atoms with E-state index >= 15 is 0 Å². The molecule has 3 nitrogen and oxygen atoms in total. The van der Waals surface area contributed by atoms with E-state index in [0.717, 1.165) is 18.4 Å². The summed E-state index contributed by atoms with van der Waals surface area (Å²) in [5, 5.41) is 0. The van der Waals surface area contributed by atoms with Crippen LogP contribution in [0.4, 0.5) is 4.39 Å². The zero-order chi connectivity index (χ0) is 15.2. The van der Waals surface area contributed by atoms with Crippen molar-refractivity contribution in [3.05, 3.63) is 35.6 Å². The standard InChI is InChI=1S/C15H25FO3Si/c1-12(2)18-20(17,19-13(3)4)11-5-6-14-7-9-15(16)10-8-14/h7-10,12-13,17H,5-6,11H2,1-4H3. The average molecular weight is 300 g/mol. The molecule has 0 saturated carbocycles. The quantitative estimate of drug-likeness (QED) is 0.746. The van der Waals surface area contributed by atoms with E-state index in [1.807, 2.05) is 27.7 Å². The van der Waals surface area contributed by atoms with Crippen molar-refractivity contribution < 1.29 is 18.0 Å². The Morgan fingerprint density at radius 1 is 1.05 bits per heavy atom. The summed E-state index contributed by atoms with van der Waals surface area (Å²) in [7, 11) is -3.11. The molecule has 0 aliphatic rings. The highest BCUT2D eigenvalue weighted by Crippen LogP contribution is 2.19. The summed E-state index contributed by atoms with van der Waals surface area (Å²) in [5.41, 5.74) is 1.05. The Balaban J connectivity index is 2.51. The average Bonchev–Trinajstić information content (AvgIpc) is 2.29. The third kappa shape index (κ3) is 6.61. The molecule has 0 spiro atoms. The van der Waals surface area contributed by atoms with E-state index < -0.39 is 8.80 Å². The maximum absolute atomic E-state index is 12.8. The molecule has 1 aromatic rings. The first-order valence-corrected chi connectivity index (χ1v) is 9.10. The molecule has 0 aromatic heterocycles. The summed E-state index contributed by atoms with van der Waals surface area (Å²) in [6.45, 7) is 7.56. The summed E-state index contributed by atoms with van der Waals surface area (Å²) in [6.07, 6.45) is 1.42. The van der Waals surface area contributed by atoms with Gasteiger partial charge in [0, 0.05) is 18.3 Å². The number of aryl methyl sites for hydroxylation is 1. The zero-order valence-electron chi connectivity index (χ0n) is 12.7. The van der Waals surface area contributed by atoms with E-state index in [1.54, 1.807) is 12.1 Å². The Bertz CT molecular complexity index is 383.